The number of anilines is 1. The molecule has 0 atom stereocenters. The SMILES string of the molecule is NC(=S)Nc1ccc(C#CCNC(=O)OCC2c3ccccc3-c3ccccc32)cc1. The van der Waals surface area contributed by atoms with Gasteiger partial charge < -0.3 is 21.1 Å². The molecule has 6 heteroatoms. The standard InChI is InChI=1S/C25H21N3O2S/c26-24(31)28-18-13-11-17(12-14-18)6-5-15-27-25(29)30-16-23-21-9-3-1-7-19(21)20-8-2-4-10-22(20)23/h1-4,7-14,23H,15-16H2,(H,27,29)(H3,26,28,31). The average molecular weight is 428 g/mol. The van der Waals surface area contributed by atoms with E-state index in [2.05, 4.69) is 46.7 Å². The Hall–Kier alpha value is -3.82. The van der Waals surface area contributed by atoms with Gasteiger partial charge >= 0.3 is 6.09 Å². The Morgan fingerprint density at radius 1 is 0.968 bits per heavy atom. The minimum atomic E-state index is -0.479. The minimum absolute atomic E-state index is 0.0396. The third kappa shape index (κ3) is 4.85. The smallest absolute Gasteiger partial charge is 0.407 e. The summed E-state index contributed by atoms with van der Waals surface area (Å²) in [4.78, 5) is 12.1. The van der Waals surface area contributed by atoms with E-state index in [1.807, 2.05) is 48.5 Å². The molecule has 154 valence electrons. The summed E-state index contributed by atoms with van der Waals surface area (Å²) in [6.45, 7) is 0.480. The second kappa shape index (κ2) is 9.33. The molecule has 0 unspecified atom stereocenters. The molecular formula is C25H21N3O2S. The quantitative estimate of drug-likeness (QED) is 0.429. The van der Waals surface area contributed by atoms with Gasteiger partial charge in [0.2, 0.25) is 0 Å². The molecule has 31 heavy (non-hydrogen) atoms. The van der Waals surface area contributed by atoms with Crippen LogP contribution in [-0.4, -0.2) is 24.4 Å². The van der Waals surface area contributed by atoms with Crippen LogP contribution in [0.25, 0.3) is 11.1 Å². The number of carbonyl (C=O) groups excluding carboxylic acids is 1. The number of nitrogens with two attached hydrogens (primary N) is 1. The first-order chi connectivity index (χ1) is 15.1. The van der Waals surface area contributed by atoms with Crippen molar-refractivity contribution in [1.82, 2.24) is 5.32 Å². The van der Waals surface area contributed by atoms with Crippen LogP contribution in [0.5, 0.6) is 0 Å². The molecule has 4 N–H and O–H groups in total. The highest BCUT2D eigenvalue weighted by molar-refractivity contribution is 7.80. The number of benzene rings is 3. The van der Waals surface area contributed by atoms with Crippen LogP contribution in [0.15, 0.2) is 72.8 Å². The van der Waals surface area contributed by atoms with Gasteiger partial charge in [-0.2, -0.15) is 0 Å². The van der Waals surface area contributed by atoms with Crippen molar-refractivity contribution in [1.29, 1.82) is 0 Å². The molecule has 4 rings (SSSR count). The Labute approximate surface area is 186 Å². The zero-order valence-corrected chi connectivity index (χ0v) is 17.5. The molecule has 3 aromatic carbocycles. The number of carbonyl (C=O) groups is 1. The third-order valence-electron chi connectivity index (χ3n) is 5.05. The van der Waals surface area contributed by atoms with Gasteiger partial charge in [0.25, 0.3) is 0 Å². The predicted octanol–water partition coefficient (Wildman–Crippen LogP) is 4.23. The third-order valence-corrected chi connectivity index (χ3v) is 5.15. The van der Waals surface area contributed by atoms with Crippen LogP contribution in [-0.2, 0) is 4.74 Å². The van der Waals surface area contributed by atoms with E-state index in [9.17, 15) is 4.79 Å². The number of rotatable bonds is 4. The second-order valence-electron chi connectivity index (χ2n) is 7.05. The first-order valence-electron chi connectivity index (χ1n) is 9.86. The fourth-order valence-electron chi connectivity index (χ4n) is 3.69. The van der Waals surface area contributed by atoms with Crippen LogP contribution in [0.3, 0.4) is 0 Å². The van der Waals surface area contributed by atoms with Crippen molar-refractivity contribution >= 4 is 29.1 Å². The molecule has 1 amide bonds. The number of thiocarbonyl (C=S) groups is 1. The van der Waals surface area contributed by atoms with Crippen LogP contribution in [0.4, 0.5) is 10.5 Å². The van der Waals surface area contributed by atoms with E-state index in [-0.39, 0.29) is 24.2 Å². The highest BCUT2D eigenvalue weighted by Gasteiger charge is 2.28. The van der Waals surface area contributed by atoms with E-state index in [0.29, 0.717) is 0 Å². The van der Waals surface area contributed by atoms with Crippen LogP contribution in [0.1, 0.15) is 22.6 Å². The molecule has 0 aromatic heterocycles. The highest BCUT2D eigenvalue weighted by atomic mass is 32.1. The summed E-state index contributed by atoms with van der Waals surface area (Å²) in [6, 6.07) is 23.9. The number of fused-ring (bicyclic) bond motifs is 3. The summed E-state index contributed by atoms with van der Waals surface area (Å²) < 4.78 is 5.49. The van der Waals surface area contributed by atoms with Gasteiger partial charge in [-0.3, -0.25) is 0 Å². The molecule has 0 saturated carbocycles. The largest absolute Gasteiger partial charge is 0.449 e. The molecule has 1 aliphatic rings. The van der Waals surface area contributed by atoms with Gasteiger partial charge in [-0.15, -0.1) is 0 Å². The Morgan fingerprint density at radius 3 is 2.19 bits per heavy atom. The number of hydrogen-bond acceptors (Lipinski definition) is 3. The lowest BCUT2D eigenvalue weighted by Crippen LogP contribution is -2.26. The lowest BCUT2D eigenvalue weighted by Gasteiger charge is -2.14. The van der Waals surface area contributed by atoms with E-state index in [1.54, 1.807) is 0 Å². The fourth-order valence-corrected chi connectivity index (χ4v) is 3.81. The first-order valence-corrected chi connectivity index (χ1v) is 10.3. The van der Waals surface area contributed by atoms with E-state index >= 15 is 0 Å². The van der Waals surface area contributed by atoms with Crippen molar-refractivity contribution in [3.8, 4) is 23.0 Å². The van der Waals surface area contributed by atoms with Crippen LogP contribution in [0, 0.1) is 11.8 Å². The zero-order chi connectivity index (χ0) is 21.6. The van der Waals surface area contributed by atoms with Gasteiger partial charge in [-0.05, 0) is 58.7 Å². The van der Waals surface area contributed by atoms with Gasteiger partial charge in [0, 0.05) is 17.2 Å². The Kier molecular flexibility index (Phi) is 6.16. The van der Waals surface area contributed by atoms with Crippen molar-refractivity contribution in [2.45, 2.75) is 5.92 Å². The number of ether oxygens (including phenoxy) is 1. The molecule has 1 aliphatic carbocycles. The van der Waals surface area contributed by atoms with Crippen LogP contribution >= 0.6 is 12.2 Å². The highest BCUT2D eigenvalue weighted by Crippen LogP contribution is 2.44. The van der Waals surface area contributed by atoms with E-state index in [0.717, 1.165) is 11.3 Å². The molecule has 0 spiro atoms. The number of hydrogen-bond donors (Lipinski definition) is 3. The lowest BCUT2D eigenvalue weighted by molar-refractivity contribution is 0.144. The van der Waals surface area contributed by atoms with Crippen molar-refractivity contribution in [3.05, 3.63) is 89.5 Å². The molecule has 0 fully saturated rings. The summed E-state index contributed by atoms with van der Waals surface area (Å²) in [5.74, 6) is 5.95. The normalized spacial score (nSPS) is 11.5. The molecule has 0 heterocycles. The molecule has 0 radical (unpaired) electrons. The first kappa shape index (κ1) is 20.5. The number of amides is 1. The van der Waals surface area contributed by atoms with Crippen molar-refractivity contribution in [2.24, 2.45) is 5.73 Å². The molecule has 0 aliphatic heterocycles. The molecule has 3 aromatic rings. The van der Waals surface area contributed by atoms with Gasteiger partial charge in [0.15, 0.2) is 5.11 Å². The monoisotopic (exact) mass is 427 g/mol. The maximum atomic E-state index is 12.1. The number of nitrogens with one attached hydrogen (secondary N) is 2. The summed E-state index contributed by atoms with van der Waals surface area (Å²) in [6.07, 6.45) is -0.479. The van der Waals surface area contributed by atoms with Gasteiger partial charge in [-0.1, -0.05) is 60.4 Å². The molecule has 0 saturated heterocycles. The van der Waals surface area contributed by atoms with E-state index in [1.165, 1.54) is 22.3 Å². The lowest BCUT2D eigenvalue weighted by atomic mass is 9.98. The topological polar surface area (TPSA) is 76.4 Å². The summed E-state index contributed by atoms with van der Waals surface area (Å²) >= 11 is 4.80. The average Bonchev–Trinajstić information content (AvgIpc) is 3.10. The van der Waals surface area contributed by atoms with Crippen molar-refractivity contribution in [3.63, 3.8) is 0 Å². The summed E-state index contributed by atoms with van der Waals surface area (Å²) in [7, 11) is 0. The Balaban J connectivity index is 1.30. The van der Waals surface area contributed by atoms with E-state index < -0.39 is 6.09 Å². The summed E-state index contributed by atoms with van der Waals surface area (Å²) in [5.41, 5.74) is 11.8. The Bertz CT molecular complexity index is 1130. The van der Waals surface area contributed by atoms with Crippen LogP contribution in [0.2, 0.25) is 0 Å². The van der Waals surface area contributed by atoms with Crippen molar-refractivity contribution in [2.75, 3.05) is 18.5 Å². The Morgan fingerprint density at radius 2 is 1.58 bits per heavy atom. The molecule has 0 bridgehead atoms. The summed E-state index contributed by atoms with van der Waals surface area (Å²) in [5, 5.41) is 5.75. The second-order valence-corrected chi connectivity index (χ2v) is 7.49. The van der Waals surface area contributed by atoms with Crippen molar-refractivity contribution < 1.29 is 9.53 Å². The minimum Gasteiger partial charge on any atom is -0.449 e. The van der Waals surface area contributed by atoms with E-state index in [4.69, 9.17) is 22.7 Å². The fraction of sp³-hybridized carbons (Fsp3) is 0.120. The van der Waals surface area contributed by atoms with Gasteiger partial charge in [0.1, 0.15) is 6.61 Å². The predicted molar refractivity (Wildman–Crippen MR) is 127 cm³/mol. The zero-order valence-electron chi connectivity index (χ0n) is 16.7. The van der Waals surface area contributed by atoms with Gasteiger partial charge in [-0.25, -0.2) is 4.79 Å². The maximum absolute atomic E-state index is 12.1. The maximum Gasteiger partial charge on any atom is 0.407 e. The number of alkyl carbamates (subject to hydrolysis) is 1. The van der Waals surface area contributed by atoms with Gasteiger partial charge in [0.05, 0.1) is 6.54 Å². The molecule has 5 nitrogen and oxygen atoms in total. The molecular weight excluding hydrogens is 406 g/mol. The van der Waals surface area contributed by atoms with Crippen LogP contribution < -0.4 is 16.4 Å².